The van der Waals surface area contributed by atoms with Crippen LogP contribution in [-0.2, 0) is 12.8 Å². The number of aryl methyl sites for hydroxylation is 3. The van der Waals surface area contributed by atoms with E-state index in [1.54, 1.807) is 11.8 Å². The van der Waals surface area contributed by atoms with Gasteiger partial charge in [-0.15, -0.1) is 0 Å². The lowest BCUT2D eigenvalue weighted by molar-refractivity contribution is 0.0698. The highest BCUT2D eigenvalue weighted by Crippen LogP contribution is 2.25. The summed E-state index contributed by atoms with van der Waals surface area (Å²) in [7, 11) is 0. The van der Waals surface area contributed by atoms with Crippen molar-refractivity contribution in [2.45, 2.75) is 38.5 Å². The summed E-state index contributed by atoms with van der Waals surface area (Å²) in [5.74, 6) is 1.22. The van der Waals surface area contributed by atoms with Crippen molar-refractivity contribution in [2.24, 2.45) is 0 Å². The summed E-state index contributed by atoms with van der Waals surface area (Å²) < 4.78 is 5.49. The molecule has 1 aromatic carbocycles. The molecule has 1 fully saturated rings. The molecule has 3 heterocycles. The number of nitrogens with zero attached hydrogens (tertiary/aromatic N) is 3. The van der Waals surface area contributed by atoms with E-state index >= 15 is 0 Å². The molecule has 29 heavy (non-hydrogen) atoms. The second-order valence-electron chi connectivity index (χ2n) is 7.50. The summed E-state index contributed by atoms with van der Waals surface area (Å²) in [6, 6.07) is 11.9. The number of hydrogen-bond donors (Lipinski definition) is 1. The predicted molar refractivity (Wildman–Crippen MR) is 108 cm³/mol. The minimum atomic E-state index is -0.556. The second-order valence-corrected chi connectivity index (χ2v) is 7.50. The number of benzene rings is 1. The summed E-state index contributed by atoms with van der Waals surface area (Å²) in [5, 5.41) is 6.78. The van der Waals surface area contributed by atoms with E-state index in [1.807, 2.05) is 36.4 Å². The number of aromatic amines is 1. The molecule has 1 saturated heterocycles. The maximum atomic E-state index is 13.1. The molecule has 2 aromatic heterocycles. The van der Waals surface area contributed by atoms with Crippen LogP contribution < -0.4 is 5.63 Å². The molecule has 3 aromatic rings. The molecule has 1 atom stereocenters. The van der Waals surface area contributed by atoms with Crippen molar-refractivity contribution in [3.63, 3.8) is 0 Å². The minimum Gasteiger partial charge on any atom is -0.427 e. The van der Waals surface area contributed by atoms with Crippen molar-refractivity contribution in [1.29, 1.82) is 0 Å². The van der Waals surface area contributed by atoms with Gasteiger partial charge in [0.1, 0.15) is 23.5 Å². The van der Waals surface area contributed by atoms with Gasteiger partial charge in [-0.25, -0.2) is 9.78 Å². The number of nitrogens with one attached hydrogen (secondary N) is 1. The maximum absolute atomic E-state index is 13.1. The normalized spacial score (nSPS) is 16.7. The van der Waals surface area contributed by atoms with Crippen LogP contribution in [0.2, 0.25) is 0 Å². The summed E-state index contributed by atoms with van der Waals surface area (Å²) in [6.07, 6.45) is 4.66. The average Bonchev–Trinajstić information content (AvgIpc) is 3.27. The molecule has 7 heteroatoms. The van der Waals surface area contributed by atoms with Crippen LogP contribution in [0, 0.1) is 6.92 Å². The number of likely N-dealkylation sites (tertiary alicyclic amines) is 1. The number of piperidine rings is 1. The van der Waals surface area contributed by atoms with Gasteiger partial charge in [0.15, 0.2) is 0 Å². The first-order chi connectivity index (χ1) is 14.1. The van der Waals surface area contributed by atoms with Gasteiger partial charge in [-0.05, 0) is 43.4 Å². The number of amides is 1. The van der Waals surface area contributed by atoms with E-state index in [-0.39, 0.29) is 17.4 Å². The van der Waals surface area contributed by atoms with Gasteiger partial charge in [0.25, 0.3) is 5.91 Å². The number of H-pyrrole nitrogens is 1. The number of hydrogen-bond acceptors (Lipinski definition) is 5. The standard InChI is InChI=1S/C22H24N4O3/c1-15-12-18(10-9-16-6-3-2-4-7-16)29-22(28)19(15)21(27)26-11-5-8-17(13-26)20-23-14-24-25-20/h2-4,6-7,12,14,17H,5,8-11,13H2,1H3,(H,23,24,25). The van der Waals surface area contributed by atoms with Gasteiger partial charge in [0.2, 0.25) is 0 Å². The molecule has 1 unspecified atom stereocenters. The Morgan fingerprint density at radius 2 is 2.10 bits per heavy atom. The van der Waals surface area contributed by atoms with Gasteiger partial charge in [0, 0.05) is 25.4 Å². The van der Waals surface area contributed by atoms with E-state index in [2.05, 4.69) is 15.2 Å². The first kappa shape index (κ1) is 19.1. The van der Waals surface area contributed by atoms with E-state index in [1.165, 1.54) is 11.9 Å². The van der Waals surface area contributed by atoms with E-state index in [9.17, 15) is 9.59 Å². The second kappa shape index (κ2) is 8.43. The van der Waals surface area contributed by atoms with E-state index < -0.39 is 5.63 Å². The van der Waals surface area contributed by atoms with Gasteiger partial charge in [-0.2, -0.15) is 5.10 Å². The molecule has 1 N–H and O–H groups in total. The van der Waals surface area contributed by atoms with Gasteiger partial charge >= 0.3 is 5.63 Å². The van der Waals surface area contributed by atoms with Crippen molar-refractivity contribution in [3.05, 3.63) is 81.4 Å². The molecule has 1 amide bonds. The molecular weight excluding hydrogens is 368 g/mol. The summed E-state index contributed by atoms with van der Waals surface area (Å²) in [6.45, 7) is 2.94. The van der Waals surface area contributed by atoms with Crippen LogP contribution in [0.15, 0.2) is 51.9 Å². The van der Waals surface area contributed by atoms with Crippen LogP contribution in [0.5, 0.6) is 0 Å². The first-order valence-electron chi connectivity index (χ1n) is 9.94. The SMILES string of the molecule is Cc1cc(CCc2ccccc2)oc(=O)c1C(=O)N1CCCC(c2ncn[nH]2)C1. The topological polar surface area (TPSA) is 92.1 Å². The maximum Gasteiger partial charge on any atom is 0.349 e. The highest BCUT2D eigenvalue weighted by molar-refractivity contribution is 5.95. The molecule has 7 nitrogen and oxygen atoms in total. The molecule has 0 bridgehead atoms. The van der Waals surface area contributed by atoms with Crippen LogP contribution in [0.4, 0.5) is 0 Å². The third kappa shape index (κ3) is 4.29. The average molecular weight is 392 g/mol. The van der Waals surface area contributed by atoms with Gasteiger partial charge < -0.3 is 9.32 Å². The molecule has 0 aliphatic carbocycles. The van der Waals surface area contributed by atoms with Gasteiger partial charge in [0.05, 0.1) is 0 Å². The first-order valence-corrected chi connectivity index (χ1v) is 9.94. The van der Waals surface area contributed by atoms with E-state index in [0.717, 1.165) is 25.1 Å². The lowest BCUT2D eigenvalue weighted by Gasteiger charge is -2.31. The fourth-order valence-corrected chi connectivity index (χ4v) is 3.92. The largest absolute Gasteiger partial charge is 0.427 e. The van der Waals surface area contributed by atoms with Crippen molar-refractivity contribution >= 4 is 5.91 Å². The lowest BCUT2D eigenvalue weighted by atomic mass is 9.96. The zero-order valence-electron chi connectivity index (χ0n) is 16.4. The van der Waals surface area contributed by atoms with Crippen LogP contribution >= 0.6 is 0 Å². The Balaban J connectivity index is 1.49. The molecule has 4 rings (SSSR count). The quantitative estimate of drug-likeness (QED) is 0.721. The molecule has 1 aliphatic rings. The van der Waals surface area contributed by atoms with Crippen LogP contribution in [0.3, 0.4) is 0 Å². The number of carbonyl (C=O) groups is 1. The Kier molecular flexibility index (Phi) is 5.55. The van der Waals surface area contributed by atoms with Gasteiger partial charge in [-0.1, -0.05) is 30.3 Å². The van der Waals surface area contributed by atoms with Crippen LogP contribution in [0.25, 0.3) is 0 Å². The third-order valence-corrected chi connectivity index (χ3v) is 5.45. The smallest absolute Gasteiger partial charge is 0.349 e. The van der Waals surface area contributed by atoms with Gasteiger partial charge in [-0.3, -0.25) is 9.89 Å². The van der Waals surface area contributed by atoms with Crippen molar-refractivity contribution < 1.29 is 9.21 Å². The summed E-state index contributed by atoms with van der Waals surface area (Å²) in [5.41, 5.74) is 1.42. The zero-order valence-corrected chi connectivity index (χ0v) is 16.4. The number of carbonyl (C=O) groups excluding carboxylic acids is 1. The molecule has 0 saturated carbocycles. The highest BCUT2D eigenvalue weighted by Gasteiger charge is 2.29. The molecular formula is C22H24N4O3. The van der Waals surface area contributed by atoms with Crippen molar-refractivity contribution in [1.82, 2.24) is 20.1 Å². The molecule has 150 valence electrons. The Morgan fingerprint density at radius 1 is 1.28 bits per heavy atom. The van der Waals surface area contributed by atoms with E-state index in [4.69, 9.17) is 4.42 Å². The molecule has 0 spiro atoms. The van der Waals surface area contributed by atoms with Crippen molar-refractivity contribution in [2.75, 3.05) is 13.1 Å². The Morgan fingerprint density at radius 3 is 2.83 bits per heavy atom. The highest BCUT2D eigenvalue weighted by atomic mass is 16.4. The summed E-state index contributed by atoms with van der Waals surface area (Å²) >= 11 is 0. The fraction of sp³-hybridized carbons (Fsp3) is 0.364. The summed E-state index contributed by atoms with van der Waals surface area (Å²) in [4.78, 5) is 31.6. The number of rotatable bonds is 5. The third-order valence-electron chi connectivity index (χ3n) is 5.45. The lowest BCUT2D eigenvalue weighted by Crippen LogP contribution is -2.41. The van der Waals surface area contributed by atoms with E-state index in [0.29, 0.717) is 30.8 Å². The minimum absolute atomic E-state index is 0.104. The Labute approximate surface area is 168 Å². The fourth-order valence-electron chi connectivity index (χ4n) is 3.92. The molecule has 0 radical (unpaired) electrons. The predicted octanol–water partition coefficient (Wildman–Crippen LogP) is 2.87. The molecule has 1 aliphatic heterocycles. The Hall–Kier alpha value is -3.22. The monoisotopic (exact) mass is 392 g/mol. The van der Waals surface area contributed by atoms with Crippen LogP contribution in [0.1, 0.15) is 51.8 Å². The van der Waals surface area contributed by atoms with Crippen molar-refractivity contribution in [3.8, 4) is 0 Å². The zero-order chi connectivity index (χ0) is 20.2. The number of aromatic nitrogens is 3. The Bertz CT molecular complexity index is 1030. The van der Waals surface area contributed by atoms with Crippen LogP contribution in [-0.4, -0.2) is 39.1 Å².